The second-order valence-corrected chi connectivity index (χ2v) is 8.21. The number of piperazine rings is 1. The lowest BCUT2D eigenvalue weighted by Crippen LogP contribution is -2.43. The van der Waals surface area contributed by atoms with Crippen molar-refractivity contribution in [2.45, 2.75) is 4.90 Å². The number of nitrogens with zero attached hydrogens (tertiary/aromatic N) is 2. The first kappa shape index (κ1) is 17.6. The summed E-state index contributed by atoms with van der Waals surface area (Å²) in [4.78, 5) is 13.4. The number of fused-ring (bicyclic) bond motifs is 1. The van der Waals surface area contributed by atoms with Crippen LogP contribution >= 0.6 is 0 Å². The molecule has 0 aliphatic carbocycles. The number of aromatic carboxylic acids is 1. The van der Waals surface area contributed by atoms with E-state index in [1.807, 2.05) is 12.1 Å². The van der Waals surface area contributed by atoms with Crippen molar-refractivity contribution in [1.29, 1.82) is 0 Å². The highest BCUT2D eigenvalue weighted by atomic mass is 32.2. The Morgan fingerprint density at radius 3 is 2.52 bits per heavy atom. The summed E-state index contributed by atoms with van der Waals surface area (Å²) in [7, 11) is -3.90. The van der Waals surface area contributed by atoms with Crippen LogP contribution in [0.4, 0.5) is 5.69 Å². The first-order chi connectivity index (χ1) is 13.0. The quantitative estimate of drug-likeness (QED) is 0.714. The largest absolute Gasteiger partial charge is 0.478 e. The zero-order valence-electron chi connectivity index (χ0n) is 14.5. The van der Waals surface area contributed by atoms with E-state index in [-0.39, 0.29) is 10.5 Å². The molecule has 140 valence electrons. The topological polar surface area (TPSA) is 91.6 Å². The number of anilines is 1. The van der Waals surface area contributed by atoms with Crippen molar-refractivity contribution in [2.75, 3.05) is 31.1 Å². The summed E-state index contributed by atoms with van der Waals surface area (Å²) in [5, 5.41) is 13.3. The molecule has 1 saturated heterocycles. The second kappa shape index (κ2) is 6.71. The van der Waals surface area contributed by atoms with E-state index < -0.39 is 16.0 Å². The van der Waals surface area contributed by atoms with Gasteiger partial charge in [-0.25, -0.2) is 17.2 Å². The molecule has 1 aliphatic rings. The second-order valence-electron chi connectivity index (χ2n) is 6.40. The number of nitrogens with one attached hydrogen (secondary N) is 1. The summed E-state index contributed by atoms with van der Waals surface area (Å²) >= 11 is 0. The molecule has 3 aromatic rings. The van der Waals surface area contributed by atoms with Crippen LogP contribution in [0.5, 0.6) is 0 Å². The first-order valence-corrected chi connectivity index (χ1v) is 10.1. The smallest absolute Gasteiger partial charge is 0.335 e. The van der Waals surface area contributed by atoms with Gasteiger partial charge in [-0.3, -0.25) is 0 Å². The number of carbonyl (C=O) groups is 1. The highest BCUT2D eigenvalue weighted by Gasteiger charge is 2.22. The van der Waals surface area contributed by atoms with Crippen molar-refractivity contribution in [2.24, 2.45) is 0 Å². The summed E-state index contributed by atoms with van der Waals surface area (Å²) in [6.45, 7) is 3.49. The predicted molar refractivity (Wildman–Crippen MR) is 103 cm³/mol. The molecule has 0 radical (unpaired) electrons. The lowest BCUT2D eigenvalue weighted by molar-refractivity contribution is 0.0696. The first-order valence-electron chi connectivity index (χ1n) is 8.63. The van der Waals surface area contributed by atoms with Crippen LogP contribution in [0.1, 0.15) is 10.4 Å². The molecule has 0 amide bonds. The van der Waals surface area contributed by atoms with E-state index in [0.717, 1.165) is 37.3 Å². The minimum Gasteiger partial charge on any atom is -0.478 e. The van der Waals surface area contributed by atoms with Gasteiger partial charge in [-0.15, -0.1) is 0 Å². The van der Waals surface area contributed by atoms with Crippen molar-refractivity contribution >= 4 is 32.6 Å². The van der Waals surface area contributed by atoms with Gasteiger partial charge in [-0.05, 0) is 36.4 Å². The Kier molecular flexibility index (Phi) is 4.37. The van der Waals surface area contributed by atoms with Crippen LogP contribution in [0.3, 0.4) is 0 Å². The van der Waals surface area contributed by atoms with Gasteiger partial charge >= 0.3 is 5.97 Å². The van der Waals surface area contributed by atoms with E-state index in [2.05, 4.69) is 10.2 Å². The Balaban J connectivity index is 1.82. The number of benzene rings is 2. The molecule has 0 saturated carbocycles. The Morgan fingerprint density at radius 2 is 1.78 bits per heavy atom. The van der Waals surface area contributed by atoms with Crippen molar-refractivity contribution < 1.29 is 18.3 Å². The standard InChI is InChI=1S/C19H19N3O4S/c23-19(24)14-3-1-4-15(13-14)27(25,26)22-10-7-16-17(5-2-6-18(16)22)21-11-8-20-9-12-21/h1-7,10,13,20H,8-9,11-12H2,(H,23,24). The molecule has 0 atom stereocenters. The number of hydrogen-bond acceptors (Lipinski definition) is 5. The molecule has 0 unspecified atom stereocenters. The third-order valence-corrected chi connectivity index (χ3v) is 6.46. The molecule has 2 aromatic carbocycles. The average Bonchev–Trinajstić information content (AvgIpc) is 3.14. The predicted octanol–water partition coefficient (Wildman–Crippen LogP) is 1.99. The van der Waals surface area contributed by atoms with Gasteiger partial charge in [0.25, 0.3) is 10.0 Å². The van der Waals surface area contributed by atoms with Crippen LogP contribution in [0.25, 0.3) is 10.9 Å². The van der Waals surface area contributed by atoms with Crippen molar-refractivity contribution in [3.05, 3.63) is 60.3 Å². The van der Waals surface area contributed by atoms with Crippen LogP contribution < -0.4 is 10.2 Å². The molecule has 27 heavy (non-hydrogen) atoms. The molecule has 0 spiro atoms. The maximum absolute atomic E-state index is 13.1. The van der Waals surface area contributed by atoms with Crippen molar-refractivity contribution in [3.63, 3.8) is 0 Å². The van der Waals surface area contributed by atoms with E-state index >= 15 is 0 Å². The molecular formula is C19H19N3O4S. The van der Waals surface area contributed by atoms with E-state index in [1.165, 1.54) is 34.4 Å². The monoisotopic (exact) mass is 385 g/mol. The van der Waals surface area contributed by atoms with Crippen LogP contribution in [0.15, 0.2) is 59.6 Å². The third kappa shape index (κ3) is 3.07. The summed E-state index contributed by atoms with van der Waals surface area (Å²) in [6, 6.07) is 12.8. The maximum Gasteiger partial charge on any atom is 0.335 e. The average molecular weight is 385 g/mol. The number of aromatic nitrogens is 1. The molecular weight excluding hydrogens is 366 g/mol. The summed E-state index contributed by atoms with van der Waals surface area (Å²) in [5.41, 5.74) is 1.52. The van der Waals surface area contributed by atoms with Gasteiger partial charge in [0, 0.05) is 43.4 Å². The van der Waals surface area contributed by atoms with Gasteiger partial charge in [0.15, 0.2) is 0 Å². The Hall–Kier alpha value is -2.84. The summed E-state index contributed by atoms with van der Waals surface area (Å²) < 4.78 is 27.5. The van der Waals surface area contributed by atoms with Gasteiger partial charge < -0.3 is 15.3 Å². The summed E-state index contributed by atoms with van der Waals surface area (Å²) in [6.07, 6.45) is 1.53. The van der Waals surface area contributed by atoms with E-state index in [1.54, 1.807) is 12.1 Å². The van der Waals surface area contributed by atoms with E-state index in [9.17, 15) is 13.2 Å². The van der Waals surface area contributed by atoms with Crippen LogP contribution in [-0.4, -0.2) is 49.6 Å². The van der Waals surface area contributed by atoms with Crippen molar-refractivity contribution in [3.8, 4) is 0 Å². The minimum atomic E-state index is -3.90. The molecule has 7 nitrogen and oxygen atoms in total. The van der Waals surface area contributed by atoms with Crippen LogP contribution in [0, 0.1) is 0 Å². The SMILES string of the molecule is O=C(O)c1cccc(S(=O)(=O)n2ccc3c(N4CCNCC4)cccc32)c1. The maximum atomic E-state index is 13.1. The van der Waals surface area contributed by atoms with Gasteiger partial charge in [-0.2, -0.15) is 0 Å². The van der Waals surface area contributed by atoms with E-state index in [0.29, 0.717) is 5.52 Å². The third-order valence-electron chi connectivity index (χ3n) is 4.77. The Bertz CT molecular complexity index is 1110. The van der Waals surface area contributed by atoms with Crippen molar-refractivity contribution in [1.82, 2.24) is 9.29 Å². The zero-order valence-corrected chi connectivity index (χ0v) is 15.3. The fourth-order valence-electron chi connectivity index (χ4n) is 3.42. The van der Waals surface area contributed by atoms with Gasteiger partial charge in [0.1, 0.15) is 0 Å². The molecule has 1 fully saturated rings. The van der Waals surface area contributed by atoms with Gasteiger partial charge in [-0.1, -0.05) is 12.1 Å². The molecule has 4 rings (SSSR count). The number of hydrogen-bond donors (Lipinski definition) is 2. The Labute approximate surface area is 156 Å². The molecule has 8 heteroatoms. The molecule has 2 heterocycles. The van der Waals surface area contributed by atoms with E-state index in [4.69, 9.17) is 5.11 Å². The molecule has 1 aromatic heterocycles. The molecule has 0 bridgehead atoms. The summed E-state index contributed by atoms with van der Waals surface area (Å²) in [5.74, 6) is -1.16. The number of carboxylic acids is 1. The fraction of sp³-hybridized carbons (Fsp3) is 0.211. The molecule has 2 N–H and O–H groups in total. The van der Waals surface area contributed by atoms with Crippen LogP contribution in [0.2, 0.25) is 0 Å². The van der Waals surface area contributed by atoms with Crippen LogP contribution in [-0.2, 0) is 10.0 Å². The molecule has 1 aliphatic heterocycles. The number of rotatable bonds is 4. The highest BCUT2D eigenvalue weighted by Crippen LogP contribution is 2.30. The Morgan fingerprint density at radius 1 is 1.04 bits per heavy atom. The lowest BCUT2D eigenvalue weighted by atomic mass is 10.2. The highest BCUT2D eigenvalue weighted by molar-refractivity contribution is 7.90. The fourth-order valence-corrected chi connectivity index (χ4v) is 4.81. The lowest BCUT2D eigenvalue weighted by Gasteiger charge is -2.30. The number of carboxylic acid groups (broad SMARTS) is 1. The normalized spacial score (nSPS) is 15.2. The minimum absolute atomic E-state index is 0.0486. The zero-order chi connectivity index (χ0) is 19.0. The van der Waals surface area contributed by atoms with Gasteiger partial charge in [0.2, 0.25) is 0 Å². The van der Waals surface area contributed by atoms with Gasteiger partial charge in [0.05, 0.1) is 16.0 Å².